The lowest BCUT2D eigenvalue weighted by Crippen LogP contribution is -2.46. The van der Waals surface area contributed by atoms with E-state index in [-0.39, 0.29) is 18.2 Å². The Morgan fingerprint density at radius 1 is 1.29 bits per heavy atom. The summed E-state index contributed by atoms with van der Waals surface area (Å²) in [7, 11) is 0. The Kier molecular flexibility index (Phi) is 6.32. The number of aliphatic carboxylic acids is 1. The van der Waals surface area contributed by atoms with Crippen LogP contribution in [-0.2, 0) is 9.59 Å². The molecule has 3 N–H and O–H groups in total. The summed E-state index contributed by atoms with van der Waals surface area (Å²) in [6.07, 6.45) is 1.80. The van der Waals surface area contributed by atoms with Crippen molar-refractivity contribution < 1.29 is 19.5 Å². The molecule has 0 saturated heterocycles. The lowest BCUT2D eigenvalue weighted by molar-refractivity contribution is -0.142. The standard InChI is InChI=1S/C14H19N3O4/c1-9(2)7-11(14(20)21)17-12(18)8-16-13(19)10-5-3-4-6-15-10/h3-6,9,11H,7-8H2,1-2H3,(H,16,19)(H,17,18)(H,20,21)/t11-/m0/s1. The van der Waals surface area contributed by atoms with Gasteiger partial charge in [-0.1, -0.05) is 19.9 Å². The number of amides is 2. The van der Waals surface area contributed by atoms with Crippen LogP contribution in [0, 0.1) is 5.92 Å². The maximum atomic E-state index is 11.7. The summed E-state index contributed by atoms with van der Waals surface area (Å²) in [6.45, 7) is 3.44. The normalized spacial score (nSPS) is 11.8. The van der Waals surface area contributed by atoms with Crippen molar-refractivity contribution in [2.75, 3.05) is 6.54 Å². The molecule has 0 aromatic carbocycles. The van der Waals surface area contributed by atoms with Crippen molar-refractivity contribution in [2.45, 2.75) is 26.3 Å². The van der Waals surface area contributed by atoms with E-state index in [4.69, 9.17) is 5.11 Å². The van der Waals surface area contributed by atoms with Gasteiger partial charge in [-0.3, -0.25) is 14.6 Å². The van der Waals surface area contributed by atoms with E-state index in [0.29, 0.717) is 6.42 Å². The number of carboxylic acids is 1. The summed E-state index contributed by atoms with van der Waals surface area (Å²) in [5.74, 6) is -1.99. The minimum atomic E-state index is -1.09. The van der Waals surface area contributed by atoms with Crippen molar-refractivity contribution in [3.05, 3.63) is 30.1 Å². The number of carboxylic acid groups (broad SMARTS) is 1. The first-order valence-corrected chi connectivity index (χ1v) is 6.61. The van der Waals surface area contributed by atoms with Crippen LogP contribution < -0.4 is 10.6 Å². The molecular weight excluding hydrogens is 274 g/mol. The number of nitrogens with one attached hydrogen (secondary N) is 2. The molecule has 1 heterocycles. The number of carbonyl (C=O) groups is 3. The van der Waals surface area contributed by atoms with Crippen LogP contribution in [0.15, 0.2) is 24.4 Å². The molecule has 0 radical (unpaired) electrons. The van der Waals surface area contributed by atoms with E-state index in [1.165, 1.54) is 12.3 Å². The molecule has 1 aromatic rings. The monoisotopic (exact) mass is 293 g/mol. The summed E-state index contributed by atoms with van der Waals surface area (Å²) in [6, 6.07) is 3.90. The molecule has 1 atom stereocenters. The minimum absolute atomic E-state index is 0.134. The topological polar surface area (TPSA) is 108 Å². The first-order valence-electron chi connectivity index (χ1n) is 6.61. The summed E-state index contributed by atoms with van der Waals surface area (Å²) in [5, 5.41) is 13.8. The van der Waals surface area contributed by atoms with Gasteiger partial charge in [-0.05, 0) is 24.5 Å². The maximum absolute atomic E-state index is 11.7. The van der Waals surface area contributed by atoms with E-state index in [2.05, 4.69) is 15.6 Å². The second-order valence-electron chi connectivity index (χ2n) is 4.99. The fraction of sp³-hybridized carbons (Fsp3) is 0.429. The second kappa shape index (κ2) is 7.98. The summed E-state index contributed by atoms with van der Waals surface area (Å²) in [5.41, 5.74) is 0.197. The van der Waals surface area contributed by atoms with Crippen LogP contribution in [-0.4, -0.2) is 40.5 Å². The SMILES string of the molecule is CC(C)C[C@H](NC(=O)CNC(=O)c1ccccn1)C(=O)O. The molecule has 114 valence electrons. The van der Waals surface area contributed by atoms with E-state index >= 15 is 0 Å². The Hall–Kier alpha value is -2.44. The van der Waals surface area contributed by atoms with Crippen LogP contribution in [0.4, 0.5) is 0 Å². The Balaban J connectivity index is 2.46. The zero-order chi connectivity index (χ0) is 15.8. The van der Waals surface area contributed by atoms with Gasteiger partial charge in [0.1, 0.15) is 11.7 Å². The van der Waals surface area contributed by atoms with Crippen molar-refractivity contribution in [2.24, 2.45) is 5.92 Å². The lowest BCUT2D eigenvalue weighted by Gasteiger charge is -2.16. The number of aromatic nitrogens is 1. The van der Waals surface area contributed by atoms with E-state index in [0.717, 1.165) is 0 Å². The van der Waals surface area contributed by atoms with E-state index in [9.17, 15) is 14.4 Å². The quantitative estimate of drug-likeness (QED) is 0.675. The highest BCUT2D eigenvalue weighted by atomic mass is 16.4. The van der Waals surface area contributed by atoms with Gasteiger partial charge in [-0.25, -0.2) is 4.79 Å². The van der Waals surface area contributed by atoms with Crippen LogP contribution in [0.2, 0.25) is 0 Å². The van der Waals surface area contributed by atoms with Crippen molar-refractivity contribution in [3.63, 3.8) is 0 Å². The molecule has 0 aliphatic heterocycles. The third-order valence-corrected chi connectivity index (χ3v) is 2.65. The third kappa shape index (κ3) is 6.03. The number of carbonyl (C=O) groups excluding carboxylic acids is 2. The van der Waals surface area contributed by atoms with Gasteiger partial charge in [0.15, 0.2) is 0 Å². The summed E-state index contributed by atoms with van der Waals surface area (Å²) >= 11 is 0. The van der Waals surface area contributed by atoms with Crippen LogP contribution in [0.1, 0.15) is 30.8 Å². The van der Waals surface area contributed by atoms with Gasteiger partial charge in [0.05, 0.1) is 6.54 Å². The largest absolute Gasteiger partial charge is 0.480 e. The van der Waals surface area contributed by atoms with Gasteiger partial charge in [0.2, 0.25) is 5.91 Å². The average molecular weight is 293 g/mol. The third-order valence-electron chi connectivity index (χ3n) is 2.65. The molecule has 0 unspecified atom stereocenters. The Labute approximate surface area is 122 Å². The van der Waals surface area contributed by atoms with Gasteiger partial charge >= 0.3 is 5.97 Å². The number of hydrogen-bond acceptors (Lipinski definition) is 4. The fourth-order valence-corrected chi connectivity index (χ4v) is 1.69. The maximum Gasteiger partial charge on any atom is 0.326 e. The van der Waals surface area contributed by atoms with Gasteiger partial charge in [-0.2, -0.15) is 0 Å². The molecule has 0 aliphatic rings. The number of rotatable bonds is 7. The predicted octanol–water partition coefficient (Wildman–Crippen LogP) is 0.427. The molecule has 0 aliphatic carbocycles. The molecule has 0 saturated carbocycles. The van der Waals surface area contributed by atoms with Crippen molar-refractivity contribution in [3.8, 4) is 0 Å². The minimum Gasteiger partial charge on any atom is -0.480 e. The highest BCUT2D eigenvalue weighted by Crippen LogP contribution is 2.04. The molecule has 1 rings (SSSR count). The van der Waals surface area contributed by atoms with Gasteiger partial charge in [0, 0.05) is 6.20 Å². The number of nitrogens with zero attached hydrogens (tertiary/aromatic N) is 1. The fourth-order valence-electron chi connectivity index (χ4n) is 1.69. The van der Waals surface area contributed by atoms with Crippen molar-refractivity contribution in [1.29, 1.82) is 0 Å². The Morgan fingerprint density at radius 3 is 2.52 bits per heavy atom. The Morgan fingerprint density at radius 2 is 2.00 bits per heavy atom. The molecule has 7 nitrogen and oxygen atoms in total. The molecule has 21 heavy (non-hydrogen) atoms. The lowest BCUT2D eigenvalue weighted by atomic mass is 10.0. The van der Waals surface area contributed by atoms with Crippen molar-refractivity contribution in [1.82, 2.24) is 15.6 Å². The average Bonchev–Trinajstić information content (AvgIpc) is 2.44. The molecule has 7 heteroatoms. The molecule has 2 amide bonds. The van der Waals surface area contributed by atoms with E-state index in [1.54, 1.807) is 12.1 Å². The van der Waals surface area contributed by atoms with E-state index < -0.39 is 23.8 Å². The second-order valence-corrected chi connectivity index (χ2v) is 4.99. The first-order chi connectivity index (χ1) is 9.90. The number of pyridine rings is 1. The first kappa shape index (κ1) is 16.6. The highest BCUT2D eigenvalue weighted by molar-refractivity contribution is 5.95. The van der Waals surface area contributed by atoms with Crippen LogP contribution in [0.5, 0.6) is 0 Å². The van der Waals surface area contributed by atoms with Crippen LogP contribution in [0.25, 0.3) is 0 Å². The van der Waals surface area contributed by atoms with E-state index in [1.807, 2.05) is 13.8 Å². The van der Waals surface area contributed by atoms with Crippen LogP contribution in [0.3, 0.4) is 0 Å². The smallest absolute Gasteiger partial charge is 0.326 e. The molecule has 0 spiro atoms. The highest BCUT2D eigenvalue weighted by Gasteiger charge is 2.21. The van der Waals surface area contributed by atoms with Gasteiger partial charge in [-0.15, -0.1) is 0 Å². The number of hydrogen-bond donors (Lipinski definition) is 3. The summed E-state index contributed by atoms with van der Waals surface area (Å²) in [4.78, 5) is 38.2. The molecular formula is C14H19N3O4. The predicted molar refractivity (Wildman–Crippen MR) is 75.6 cm³/mol. The summed E-state index contributed by atoms with van der Waals surface area (Å²) < 4.78 is 0. The molecule has 0 bridgehead atoms. The van der Waals surface area contributed by atoms with Gasteiger partial charge < -0.3 is 15.7 Å². The zero-order valence-corrected chi connectivity index (χ0v) is 12.0. The molecule has 0 fully saturated rings. The van der Waals surface area contributed by atoms with Crippen molar-refractivity contribution >= 4 is 17.8 Å². The van der Waals surface area contributed by atoms with Crippen LogP contribution >= 0.6 is 0 Å². The molecule has 1 aromatic heterocycles. The zero-order valence-electron chi connectivity index (χ0n) is 12.0. The Bertz CT molecular complexity index is 502. The van der Waals surface area contributed by atoms with Gasteiger partial charge in [0.25, 0.3) is 5.91 Å².